The van der Waals surface area contributed by atoms with Crippen molar-refractivity contribution in [3.63, 3.8) is 0 Å². The van der Waals surface area contributed by atoms with Gasteiger partial charge >= 0.3 is 0 Å². The highest BCUT2D eigenvalue weighted by Crippen LogP contribution is 2.29. The average Bonchev–Trinajstić information content (AvgIpc) is 3.60. The lowest BCUT2D eigenvalue weighted by Crippen LogP contribution is -2.46. The summed E-state index contributed by atoms with van der Waals surface area (Å²) in [5.41, 5.74) is 5.96. The van der Waals surface area contributed by atoms with E-state index < -0.39 is 0 Å². The van der Waals surface area contributed by atoms with Crippen molar-refractivity contribution in [1.29, 1.82) is 0 Å². The number of ether oxygens (including phenoxy) is 1. The van der Waals surface area contributed by atoms with Crippen LogP contribution >= 0.6 is 11.3 Å². The number of nitrogens with zero attached hydrogens (tertiary/aromatic N) is 4. The number of anilines is 1. The average molecular weight is 504 g/mol. The van der Waals surface area contributed by atoms with Crippen LogP contribution in [0.2, 0.25) is 0 Å². The number of carbonyl (C=O) groups excluding carboxylic acids is 1. The van der Waals surface area contributed by atoms with Crippen LogP contribution in [0.1, 0.15) is 17.0 Å². The van der Waals surface area contributed by atoms with Gasteiger partial charge in [0.15, 0.2) is 6.61 Å². The van der Waals surface area contributed by atoms with Gasteiger partial charge < -0.3 is 15.0 Å². The first-order valence-corrected chi connectivity index (χ1v) is 13.0. The number of benzene rings is 2. The van der Waals surface area contributed by atoms with Crippen LogP contribution in [0.4, 0.5) is 5.69 Å². The Morgan fingerprint density at radius 1 is 1.06 bits per heavy atom. The Labute approximate surface area is 214 Å². The highest BCUT2D eigenvalue weighted by molar-refractivity contribution is 7.08. The molecule has 0 unspecified atom stereocenters. The van der Waals surface area contributed by atoms with E-state index in [0.29, 0.717) is 11.4 Å². The van der Waals surface area contributed by atoms with Gasteiger partial charge in [0.2, 0.25) is 0 Å². The van der Waals surface area contributed by atoms with E-state index >= 15 is 0 Å². The van der Waals surface area contributed by atoms with Crippen molar-refractivity contribution in [3.05, 3.63) is 82.3 Å². The molecule has 0 saturated carbocycles. The standard InChI is InChI=1S/C27H29N5O3S/c1-20-25(30-35-29-20)16-28-27(33)18-34-26-8-7-21(22-9-14-36-19-22)15-23(26)17-31-10-12-32(13-11-31)24-5-3-2-4-6-24/h2-9,14-15,19H,10-13,16-18H2,1H3,(H,28,33). The number of rotatable bonds is 9. The number of amides is 1. The summed E-state index contributed by atoms with van der Waals surface area (Å²) >= 11 is 1.68. The molecule has 1 aliphatic rings. The third-order valence-electron chi connectivity index (χ3n) is 6.36. The van der Waals surface area contributed by atoms with E-state index in [1.807, 2.05) is 6.07 Å². The van der Waals surface area contributed by atoms with Crippen LogP contribution in [-0.2, 0) is 17.9 Å². The van der Waals surface area contributed by atoms with E-state index in [-0.39, 0.29) is 19.1 Å². The number of hydrogen-bond donors (Lipinski definition) is 1. The van der Waals surface area contributed by atoms with Gasteiger partial charge in [0.1, 0.15) is 17.1 Å². The van der Waals surface area contributed by atoms with E-state index in [4.69, 9.17) is 4.74 Å². The van der Waals surface area contributed by atoms with E-state index in [0.717, 1.165) is 49.6 Å². The van der Waals surface area contributed by atoms with Crippen molar-refractivity contribution >= 4 is 22.9 Å². The monoisotopic (exact) mass is 503 g/mol. The molecule has 36 heavy (non-hydrogen) atoms. The Morgan fingerprint density at radius 3 is 2.61 bits per heavy atom. The van der Waals surface area contributed by atoms with Gasteiger partial charge in [-0.2, -0.15) is 11.3 Å². The molecule has 9 heteroatoms. The van der Waals surface area contributed by atoms with Crippen molar-refractivity contribution in [1.82, 2.24) is 20.5 Å². The molecule has 0 aliphatic carbocycles. The maximum Gasteiger partial charge on any atom is 0.258 e. The topological polar surface area (TPSA) is 83.7 Å². The van der Waals surface area contributed by atoms with Gasteiger partial charge in [-0.1, -0.05) is 34.6 Å². The number of para-hydroxylation sites is 1. The highest BCUT2D eigenvalue weighted by atomic mass is 32.1. The second-order valence-electron chi connectivity index (χ2n) is 8.80. The van der Waals surface area contributed by atoms with E-state index in [9.17, 15) is 4.79 Å². The lowest BCUT2D eigenvalue weighted by molar-refractivity contribution is -0.123. The number of carbonyl (C=O) groups is 1. The van der Waals surface area contributed by atoms with E-state index in [2.05, 4.69) is 89.4 Å². The number of thiophene rings is 1. The smallest absolute Gasteiger partial charge is 0.258 e. The van der Waals surface area contributed by atoms with Crippen molar-refractivity contribution in [2.75, 3.05) is 37.7 Å². The Hall–Kier alpha value is -3.69. The zero-order chi connectivity index (χ0) is 24.7. The lowest BCUT2D eigenvalue weighted by Gasteiger charge is -2.36. The lowest BCUT2D eigenvalue weighted by atomic mass is 10.0. The van der Waals surface area contributed by atoms with Crippen LogP contribution in [-0.4, -0.2) is 53.9 Å². The van der Waals surface area contributed by atoms with Gasteiger partial charge in [0.05, 0.1) is 6.54 Å². The largest absolute Gasteiger partial charge is 0.483 e. The van der Waals surface area contributed by atoms with Crippen LogP contribution in [0.15, 0.2) is 70.0 Å². The molecule has 1 saturated heterocycles. The molecular formula is C27H29N5O3S. The summed E-state index contributed by atoms with van der Waals surface area (Å²) < 4.78 is 10.7. The molecule has 1 N–H and O–H groups in total. The summed E-state index contributed by atoms with van der Waals surface area (Å²) in [5, 5.41) is 14.6. The maximum atomic E-state index is 12.4. The molecule has 0 bridgehead atoms. The number of aryl methyl sites for hydroxylation is 1. The van der Waals surface area contributed by atoms with Crippen molar-refractivity contribution < 1.29 is 14.2 Å². The van der Waals surface area contributed by atoms with Gasteiger partial charge in [-0.25, -0.2) is 4.63 Å². The second kappa shape index (κ2) is 11.4. The summed E-state index contributed by atoms with van der Waals surface area (Å²) in [6, 6.07) is 18.9. The Balaban J connectivity index is 1.23. The molecule has 1 fully saturated rings. The molecule has 0 spiro atoms. The van der Waals surface area contributed by atoms with Crippen LogP contribution < -0.4 is 15.0 Å². The molecule has 186 valence electrons. The Kier molecular flexibility index (Phi) is 7.58. The molecule has 2 aromatic heterocycles. The minimum absolute atomic E-state index is 0.0725. The van der Waals surface area contributed by atoms with Crippen LogP contribution in [0.3, 0.4) is 0 Å². The molecule has 1 amide bonds. The summed E-state index contributed by atoms with van der Waals surface area (Å²) in [6.45, 7) is 6.61. The number of nitrogens with one attached hydrogen (secondary N) is 1. The minimum atomic E-state index is -0.221. The Morgan fingerprint density at radius 2 is 1.89 bits per heavy atom. The predicted octanol–water partition coefficient (Wildman–Crippen LogP) is 4.12. The van der Waals surface area contributed by atoms with E-state index in [1.165, 1.54) is 11.3 Å². The minimum Gasteiger partial charge on any atom is -0.483 e. The highest BCUT2D eigenvalue weighted by Gasteiger charge is 2.19. The Bertz CT molecular complexity index is 1270. The zero-order valence-electron chi connectivity index (χ0n) is 20.2. The SMILES string of the molecule is Cc1nonc1CNC(=O)COc1ccc(-c2ccsc2)cc1CN1CCN(c2ccccc2)CC1. The summed E-state index contributed by atoms with van der Waals surface area (Å²) in [6.07, 6.45) is 0. The van der Waals surface area contributed by atoms with Crippen molar-refractivity contribution in [3.8, 4) is 16.9 Å². The maximum absolute atomic E-state index is 12.4. The van der Waals surface area contributed by atoms with E-state index in [1.54, 1.807) is 18.3 Å². The first-order chi connectivity index (χ1) is 17.7. The van der Waals surface area contributed by atoms with Crippen LogP contribution in [0, 0.1) is 6.92 Å². The predicted molar refractivity (Wildman–Crippen MR) is 140 cm³/mol. The number of piperazine rings is 1. The molecule has 8 nitrogen and oxygen atoms in total. The molecule has 1 aliphatic heterocycles. The fourth-order valence-corrected chi connectivity index (χ4v) is 4.95. The van der Waals surface area contributed by atoms with Gasteiger partial charge in [-0.05, 0) is 59.1 Å². The third kappa shape index (κ3) is 5.92. The molecule has 5 rings (SSSR count). The number of hydrogen-bond acceptors (Lipinski definition) is 8. The van der Waals surface area contributed by atoms with Gasteiger partial charge in [-0.15, -0.1) is 0 Å². The summed E-state index contributed by atoms with van der Waals surface area (Å²) in [7, 11) is 0. The molecule has 0 radical (unpaired) electrons. The van der Waals surface area contributed by atoms with Gasteiger partial charge in [0.25, 0.3) is 5.91 Å². The molecular weight excluding hydrogens is 474 g/mol. The van der Waals surface area contributed by atoms with Gasteiger partial charge in [-0.3, -0.25) is 9.69 Å². The molecule has 3 heterocycles. The van der Waals surface area contributed by atoms with Crippen molar-refractivity contribution in [2.45, 2.75) is 20.0 Å². The molecule has 2 aromatic carbocycles. The number of aromatic nitrogens is 2. The van der Waals surface area contributed by atoms with Crippen LogP contribution in [0.5, 0.6) is 5.75 Å². The first kappa shape index (κ1) is 24.0. The van der Waals surface area contributed by atoms with Gasteiger partial charge in [0, 0.05) is 44.0 Å². The molecule has 4 aromatic rings. The normalized spacial score (nSPS) is 14.1. The fraction of sp³-hybridized carbons (Fsp3) is 0.296. The third-order valence-corrected chi connectivity index (χ3v) is 7.04. The summed E-state index contributed by atoms with van der Waals surface area (Å²) in [5.74, 6) is 0.510. The van der Waals surface area contributed by atoms with Crippen LogP contribution in [0.25, 0.3) is 11.1 Å². The first-order valence-electron chi connectivity index (χ1n) is 12.0. The molecule has 0 atom stereocenters. The zero-order valence-corrected chi connectivity index (χ0v) is 21.0. The summed E-state index contributed by atoms with van der Waals surface area (Å²) in [4.78, 5) is 17.3. The second-order valence-corrected chi connectivity index (χ2v) is 9.58. The quantitative estimate of drug-likeness (QED) is 0.368. The van der Waals surface area contributed by atoms with Crippen molar-refractivity contribution in [2.24, 2.45) is 0 Å². The fourth-order valence-electron chi connectivity index (χ4n) is 4.28.